The van der Waals surface area contributed by atoms with Crippen molar-refractivity contribution in [2.75, 3.05) is 11.9 Å². The van der Waals surface area contributed by atoms with Crippen molar-refractivity contribution in [1.82, 2.24) is 34.6 Å². The highest BCUT2D eigenvalue weighted by Gasteiger charge is 2.28. The molecule has 0 spiro atoms. The zero-order chi connectivity index (χ0) is 24.4. The molecule has 0 bridgehead atoms. The molecule has 0 aromatic carbocycles. The van der Waals surface area contributed by atoms with Crippen LogP contribution in [-0.2, 0) is 11.8 Å². The van der Waals surface area contributed by atoms with Gasteiger partial charge in [0, 0.05) is 48.4 Å². The number of hydrogen-bond acceptors (Lipinski definition) is 7. The van der Waals surface area contributed by atoms with Crippen molar-refractivity contribution in [1.29, 1.82) is 0 Å². The topological polar surface area (TPSA) is 102 Å². The maximum atomic E-state index is 13.3. The van der Waals surface area contributed by atoms with Gasteiger partial charge in [0.15, 0.2) is 0 Å². The molecule has 178 valence electrons. The molecule has 9 heteroatoms. The normalized spacial score (nSPS) is 16.3. The highest BCUT2D eigenvalue weighted by Crippen LogP contribution is 2.31. The van der Waals surface area contributed by atoms with Gasteiger partial charge in [-0.25, -0.2) is 19.9 Å². The van der Waals surface area contributed by atoms with Crippen LogP contribution in [0, 0.1) is 34.6 Å². The molecule has 0 radical (unpaired) electrons. The Labute approximate surface area is 200 Å². The SMILES string of the molecule is Cc1cc(C)nc(Nc2cc([C@@H]3CCCCN3C(=O)/C=C/c3c(C)nn(C)c3C)nc(C)n2)n1. The molecule has 1 atom stereocenters. The molecule has 1 aliphatic heterocycles. The van der Waals surface area contributed by atoms with Crippen molar-refractivity contribution in [2.45, 2.75) is 59.9 Å². The number of carbonyl (C=O) groups excluding carboxylic acids is 1. The fraction of sp³-hybridized carbons (Fsp3) is 0.440. The lowest BCUT2D eigenvalue weighted by atomic mass is 9.98. The average molecular weight is 461 g/mol. The van der Waals surface area contributed by atoms with E-state index in [4.69, 9.17) is 4.98 Å². The summed E-state index contributed by atoms with van der Waals surface area (Å²) in [5.74, 6) is 1.75. The third kappa shape index (κ3) is 5.13. The lowest BCUT2D eigenvalue weighted by Gasteiger charge is -2.35. The molecular formula is C25H32N8O. The molecule has 1 fully saturated rings. The number of carbonyl (C=O) groups is 1. The summed E-state index contributed by atoms with van der Waals surface area (Å²) in [6.07, 6.45) is 6.42. The van der Waals surface area contributed by atoms with Gasteiger partial charge in [0.2, 0.25) is 11.9 Å². The van der Waals surface area contributed by atoms with Crippen LogP contribution in [0.5, 0.6) is 0 Å². The van der Waals surface area contributed by atoms with Gasteiger partial charge in [-0.2, -0.15) is 5.10 Å². The summed E-state index contributed by atoms with van der Waals surface area (Å²) in [6.45, 7) is 10.4. The number of likely N-dealkylation sites (tertiary alicyclic amines) is 1. The molecule has 0 aliphatic carbocycles. The van der Waals surface area contributed by atoms with Crippen LogP contribution in [0.2, 0.25) is 0 Å². The van der Waals surface area contributed by atoms with Crippen LogP contribution >= 0.6 is 0 Å². The van der Waals surface area contributed by atoms with Gasteiger partial charge in [0.25, 0.3) is 0 Å². The highest BCUT2D eigenvalue weighted by molar-refractivity contribution is 5.92. The van der Waals surface area contributed by atoms with E-state index in [0.717, 1.165) is 53.3 Å². The summed E-state index contributed by atoms with van der Waals surface area (Å²) >= 11 is 0. The summed E-state index contributed by atoms with van der Waals surface area (Å²) in [6, 6.07) is 3.73. The van der Waals surface area contributed by atoms with Crippen molar-refractivity contribution < 1.29 is 4.79 Å². The van der Waals surface area contributed by atoms with Gasteiger partial charge in [-0.15, -0.1) is 0 Å². The van der Waals surface area contributed by atoms with Crippen LogP contribution in [0.25, 0.3) is 6.08 Å². The quantitative estimate of drug-likeness (QED) is 0.573. The van der Waals surface area contributed by atoms with Crippen molar-refractivity contribution in [2.24, 2.45) is 7.05 Å². The first-order valence-electron chi connectivity index (χ1n) is 11.6. The second kappa shape index (κ2) is 9.70. The van der Waals surface area contributed by atoms with E-state index in [1.54, 1.807) is 6.08 Å². The Balaban J connectivity index is 1.59. The van der Waals surface area contributed by atoms with Crippen molar-refractivity contribution in [3.63, 3.8) is 0 Å². The van der Waals surface area contributed by atoms with E-state index in [-0.39, 0.29) is 11.9 Å². The average Bonchev–Trinajstić information content (AvgIpc) is 3.01. The number of hydrogen-bond donors (Lipinski definition) is 1. The second-order valence-corrected chi connectivity index (χ2v) is 8.91. The molecule has 9 nitrogen and oxygen atoms in total. The molecule has 4 heterocycles. The lowest BCUT2D eigenvalue weighted by molar-refractivity contribution is -0.129. The van der Waals surface area contributed by atoms with E-state index in [2.05, 4.69) is 25.4 Å². The number of piperidine rings is 1. The third-order valence-corrected chi connectivity index (χ3v) is 6.16. The van der Waals surface area contributed by atoms with E-state index >= 15 is 0 Å². The molecule has 3 aromatic heterocycles. The van der Waals surface area contributed by atoms with Gasteiger partial charge in [-0.3, -0.25) is 9.48 Å². The van der Waals surface area contributed by atoms with Crippen LogP contribution in [0.15, 0.2) is 18.2 Å². The maximum Gasteiger partial charge on any atom is 0.247 e. The third-order valence-electron chi connectivity index (χ3n) is 6.16. The van der Waals surface area contributed by atoms with Gasteiger partial charge >= 0.3 is 0 Å². The summed E-state index contributed by atoms with van der Waals surface area (Å²) in [7, 11) is 1.91. The highest BCUT2D eigenvalue weighted by atomic mass is 16.2. The minimum atomic E-state index is -0.107. The first-order valence-corrected chi connectivity index (χ1v) is 11.6. The number of rotatable bonds is 5. The Bertz CT molecular complexity index is 1230. The smallest absolute Gasteiger partial charge is 0.247 e. The number of aryl methyl sites for hydroxylation is 5. The van der Waals surface area contributed by atoms with E-state index in [9.17, 15) is 4.79 Å². The van der Waals surface area contributed by atoms with Crippen LogP contribution in [-0.4, -0.2) is 47.1 Å². The molecule has 1 amide bonds. The number of anilines is 2. The van der Waals surface area contributed by atoms with Crippen molar-refractivity contribution in [3.8, 4) is 0 Å². The standard InChI is InChI=1S/C25H32N8O/c1-15-13-16(2)27-25(26-15)30-23-14-21(28-19(5)29-23)22-9-7-8-12-33(22)24(34)11-10-20-17(3)31-32(6)18(20)4/h10-11,13-14,22H,7-9,12H2,1-6H3,(H,26,27,28,29,30)/b11-10+/t22-/m0/s1. The molecule has 1 saturated heterocycles. The molecule has 0 saturated carbocycles. The predicted octanol–water partition coefficient (Wildman–Crippen LogP) is 4.05. The van der Waals surface area contributed by atoms with Gasteiger partial charge in [0.05, 0.1) is 17.4 Å². The van der Waals surface area contributed by atoms with Crippen LogP contribution in [0.4, 0.5) is 11.8 Å². The molecule has 4 rings (SSSR count). The molecule has 0 unspecified atom stereocenters. The fourth-order valence-electron chi connectivity index (χ4n) is 4.51. The van der Waals surface area contributed by atoms with E-state index < -0.39 is 0 Å². The second-order valence-electron chi connectivity index (χ2n) is 8.91. The molecule has 1 aliphatic rings. The largest absolute Gasteiger partial charge is 0.331 e. The van der Waals surface area contributed by atoms with Gasteiger partial charge < -0.3 is 10.2 Å². The van der Waals surface area contributed by atoms with E-state index in [0.29, 0.717) is 24.1 Å². The zero-order valence-corrected chi connectivity index (χ0v) is 20.8. The number of nitrogens with one attached hydrogen (secondary N) is 1. The van der Waals surface area contributed by atoms with Gasteiger partial charge in [-0.1, -0.05) is 0 Å². The van der Waals surface area contributed by atoms with Crippen molar-refractivity contribution in [3.05, 3.63) is 58.1 Å². The summed E-state index contributed by atoms with van der Waals surface area (Å²) < 4.78 is 1.83. The molecule has 3 aromatic rings. The maximum absolute atomic E-state index is 13.3. The lowest BCUT2D eigenvalue weighted by Crippen LogP contribution is -2.38. The summed E-state index contributed by atoms with van der Waals surface area (Å²) in [5, 5.41) is 7.65. The van der Waals surface area contributed by atoms with Crippen LogP contribution in [0.1, 0.15) is 65.2 Å². The van der Waals surface area contributed by atoms with Gasteiger partial charge in [-0.05, 0) is 66.0 Å². The predicted molar refractivity (Wildman–Crippen MR) is 132 cm³/mol. The van der Waals surface area contributed by atoms with Crippen LogP contribution in [0.3, 0.4) is 0 Å². The number of aromatic nitrogens is 6. The zero-order valence-electron chi connectivity index (χ0n) is 20.8. The monoisotopic (exact) mass is 460 g/mol. The molecular weight excluding hydrogens is 428 g/mol. The Morgan fingerprint density at radius 3 is 2.44 bits per heavy atom. The minimum Gasteiger partial charge on any atom is -0.331 e. The Morgan fingerprint density at radius 1 is 1.03 bits per heavy atom. The minimum absolute atomic E-state index is 0.0178. The number of amides is 1. The molecule has 1 N–H and O–H groups in total. The summed E-state index contributed by atoms with van der Waals surface area (Å²) in [5.41, 5.74) is 5.53. The first-order chi connectivity index (χ1) is 16.2. The Hall–Kier alpha value is -3.62. The van der Waals surface area contributed by atoms with Crippen molar-refractivity contribution >= 4 is 23.7 Å². The van der Waals surface area contributed by atoms with Gasteiger partial charge in [0.1, 0.15) is 11.6 Å². The fourth-order valence-corrected chi connectivity index (χ4v) is 4.51. The van der Waals surface area contributed by atoms with E-state index in [1.807, 2.05) is 69.5 Å². The summed E-state index contributed by atoms with van der Waals surface area (Å²) in [4.78, 5) is 33.3. The van der Waals surface area contributed by atoms with Crippen LogP contribution < -0.4 is 5.32 Å². The van der Waals surface area contributed by atoms with E-state index in [1.165, 1.54) is 0 Å². The molecule has 34 heavy (non-hydrogen) atoms. The Morgan fingerprint density at radius 2 is 1.76 bits per heavy atom. The Kier molecular flexibility index (Phi) is 6.72. The first kappa shape index (κ1) is 23.5. The number of nitrogens with zero attached hydrogens (tertiary/aromatic N) is 7.